The molecule has 0 aromatic heterocycles. The maximum Gasteiger partial charge on any atom is 0.325 e. The maximum atomic E-state index is 11.3. The van der Waals surface area contributed by atoms with E-state index in [4.69, 9.17) is 0 Å². The van der Waals surface area contributed by atoms with Gasteiger partial charge in [-0.15, -0.1) is 0 Å². The molecule has 0 radical (unpaired) electrons. The van der Waals surface area contributed by atoms with Crippen molar-refractivity contribution in [1.29, 1.82) is 0 Å². The van der Waals surface area contributed by atoms with Crippen molar-refractivity contribution < 1.29 is 14.3 Å². The zero-order valence-corrected chi connectivity index (χ0v) is 8.43. The van der Waals surface area contributed by atoms with E-state index in [1.807, 2.05) is 0 Å². The molecule has 0 unspecified atom stereocenters. The molecule has 5 heteroatoms. The number of esters is 1. The first kappa shape index (κ1) is 11.9. The third-order valence-corrected chi connectivity index (χ3v) is 1.81. The number of rotatable bonds is 4. The minimum absolute atomic E-state index is 0.0968. The largest absolute Gasteiger partial charge is 0.468 e. The second-order valence-electron chi connectivity index (χ2n) is 3.13. The molecule has 0 aromatic rings. The molecule has 0 saturated heterocycles. The van der Waals surface area contributed by atoms with Crippen LogP contribution < -0.4 is 10.6 Å². The summed E-state index contributed by atoms with van der Waals surface area (Å²) in [6, 6.07) is 0. The van der Waals surface area contributed by atoms with Crippen LogP contribution in [0.1, 0.15) is 13.8 Å². The second kappa shape index (κ2) is 4.81. The highest BCUT2D eigenvalue weighted by molar-refractivity contribution is 5.88. The predicted molar refractivity (Wildman–Crippen MR) is 48.2 cm³/mol. The van der Waals surface area contributed by atoms with Gasteiger partial charge in [-0.1, -0.05) is 0 Å². The van der Waals surface area contributed by atoms with Crippen molar-refractivity contribution in [3.8, 4) is 0 Å². The van der Waals surface area contributed by atoms with Crippen LogP contribution >= 0.6 is 0 Å². The Labute approximate surface area is 77.8 Å². The molecule has 0 bridgehead atoms. The van der Waals surface area contributed by atoms with Crippen LogP contribution in [0.15, 0.2) is 0 Å². The molecule has 76 valence electrons. The molecule has 0 aromatic carbocycles. The number of carbonyl (C=O) groups excluding carboxylic acids is 2. The first-order valence-corrected chi connectivity index (χ1v) is 3.98. The Kier molecular flexibility index (Phi) is 4.40. The van der Waals surface area contributed by atoms with E-state index in [0.29, 0.717) is 0 Å². The molecule has 0 spiro atoms. The topological polar surface area (TPSA) is 67.4 Å². The van der Waals surface area contributed by atoms with Crippen molar-refractivity contribution in [2.75, 3.05) is 20.7 Å². The highest BCUT2D eigenvalue weighted by Gasteiger charge is 2.25. The molecule has 0 aliphatic rings. The summed E-state index contributed by atoms with van der Waals surface area (Å²) in [6.07, 6.45) is 0. The molecule has 5 nitrogen and oxygen atoms in total. The summed E-state index contributed by atoms with van der Waals surface area (Å²) in [6.45, 7) is 3.35. The van der Waals surface area contributed by atoms with E-state index in [0.717, 1.165) is 0 Å². The van der Waals surface area contributed by atoms with Crippen LogP contribution in [-0.4, -0.2) is 38.1 Å². The SMILES string of the molecule is CNC(C)(C)C(=O)NCC(=O)OC. The maximum absolute atomic E-state index is 11.3. The van der Waals surface area contributed by atoms with Crippen molar-refractivity contribution in [1.82, 2.24) is 10.6 Å². The normalized spacial score (nSPS) is 10.8. The quantitative estimate of drug-likeness (QED) is 0.571. The average Bonchev–Trinajstić information content (AvgIpc) is 2.13. The van der Waals surface area contributed by atoms with E-state index in [2.05, 4.69) is 15.4 Å². The van der Waals surface area contributed by atoms with Gasteiger partial charge in [-0.25, -0.2) is 0 Å². The van der Waals surface area contributed by atoms with Gasteiger partial charge in [0.25, 0.3) is 0 Å². The van der Waals surface area contributed by atoms with Gasteiger partial charge in [0.15, 0.2) is 0 Å². The molecule has 13 heavy (non-hydrogen) atoms. The second-order valence-corrected chi connectivity index (χ2v) is 3.13. The molecule has 0 fully saturated rings. The first-order valence-electron chi connectivity index (χ1n) is 3.98. The summed E-state index contributed by atoms with van der Waals surface area (Å²) in [7, 11) is 2.95. The average molecular weight is 188 g/mol. The molecule has 0 aliphatic heterocycles. The van der Waals surface area contributed by atoms with E-state index in [1.165, 1.54) is 7.11 Å². The summed E-state index contributed by atoms with van der Waals surface area (Å²) in [5.41, 5.74) is -0.673. The number of ether oxygens (including phenoxy) is 1. The van der Waals surface area contributed by atoms with Crippen molar-refractivity contribution in [2.24, 2.45) is 0 Å². The number of hydrogen-bond acceptors (Lipinski definition) is 4. The van der Waals surface area contributed by atoms with E-state index in [1.54, 1.807) is 20.9 Å². The van der Waals surface area contributed by atoms with Crippen LogP contribution in [0.25, 0.3) is 0 Å². The standard InChI is InChI=1S/C8H16N2O3/c1-8(2,9-3)7(12)10-5-6(11)13-4/h9H,5H2,1-4H3,(H,10,12). The summed E-state index contributed by atoms with van der Waals surface area (Å²) in [5, 5.41) is 5.27. The lowest BCUT2D eigenvalue weighted by molar-refractivity contribution is -0.141. The number of hydrogen-bond donors (Lipinski definition) is 2. The van der Waals surface area contributed by atoms with Gasteiger partial charge in [0.05, 0.1) is 12.6 Å². The van der Waals surface area contributed by atoms with Gasteiger partial charge in [-0.3, -0.25) is 9.59 Å². The highest BCUT2D eigenvalue weighted by Crippen LogP contribution is 1.99. The molecule has 0 aliphatic carbocycles. The number of methoxy groups -OCH3 is 1. The Balaban J connectivity index is 3.95. The van der Waals surface area contributed by atoms with Gasteiger partial charge in [-0.2, -0.15) is 0 Å². The number of nitrogens with one attached hydrogen (secondary N) is 2. The zero-order valence-electron chi connectivity index (χ0n) is 8.43. The summed E-state index contributed by atoms with van der Waals surface area (Å²) < 4.78 is 4.37. The van der Waals surface area contributed by atoms with Crippen molar-refractivity contribution in [3.63, 3.8) is 0 Å². The van der Waals surface area contributed by atoms with Crippen LogP contribution in [0.4, 0.5) is 0 Å². The molecular weight excluding hydrogens is 172 g/mol. The fourth-order valence-corrected chi connectivity index (χ4v) is 0.559. The molecule has 0 heterocycles. The number of likely N-dealkylation sites (N-methyl/N-ethyl adjacent to an activating group) is 1. The van der Waals surface area contributed by atoms with Gasteiger partial charge in [0.1, 0.15) is 6.54 Å². The van der Waals surface area contributed by atoms with Crippen LogP contribution in [0.3, 0.4) is 0 Å². The highest BCUT2D eigenvalue weighted by atomic mass is 16.5. The third-order valence-electron chi connectivity index (χ3n) is 1.81. The van der Waals surface area contributed by atoms with Crippen LogP contribution in [-0.2, 0) is 14.3 Å². The Morgan fingerprint density at radius 1 is 1.38 bits per heavy atom. The Morgan fingerprint density at radius 2 is 1.92 bits per heavy atom. The number of carbonyl (C=O) groups is 2. The van der Waals surface area contributed by atoms with Crippen molar-refractivity contribution in [2.45, 2.75) is 19.4 Å². The molecule has 0 rings (SSSR count). The van der Waals surface area contributed by atoms with Gasteiger partial charge in [0.2, 0.25) is 5.91 Å². The molecular formula is C8H16N2O3. The lowest BCUT2D eigenvalue weighted by Crippen LogP contribution is -2.52. The van der Waals surface area contributed by atoms with Gasteiger partial charge >= 0.3 is 5.97 Å². The molecule has 2 N–H and O–H groups in total. The smallest absolute Gasteiger partial charge is 0.325 e. The monoisotopic (exact) mass is 188 g/mol. The van der Waals surface area contributed by atoms with Gasteiger partial charge in [-0.05, 0) is 20.9 Å². The molecule has 0 saturated carbocycles. The van der Waals surface area contributed by atoms with E-state index in [-0.39, 0.29) is 12.5 Å². The fourth-order valence-electron chi connectivity index (χ4n) is 0.559. The zero-order chi connectivity index (χ0) is 10.5. The summed E-state index contributed by atoms with van der Waals surface area (Å²) in [4.78, 5) is 22.0. The Hall–Kier alpha value is -1.10. The minimum atomic E-state index is -0.673. The lowest BCUT2D eigenvalue weighted by Gasteiger charge is -2.22. The first-order chi connectivity index (χ1) is 5.94. The number of amides is 1. The molecule has 0 atom stereocenters. The van der Waals surface area contributed by atoms with E-state index >= 15 is 0 Å². The summed E-state index contributed by atoms with van der Waals surface area (Å²) in [5.74, 6) is -0.694. The Morgan fingerprint density at radius 3 is 2.31 bits per heavy atom. The fraction of sp³-hybridized carbons (Fsp3) is 0.750. The predicted octanol–water partition coefficient (Wildman–Crippen LogP) is -0.726. The van der Waals surface area contributed by atoms with Gasteiger partial charge < -0.3 is 15.4 Å². The van der Waals surface area contributed by atoms with Crippen LogP contribution in [0.2, 0.25) is 0 Å². The van der Waals surface area contributed by atoms with Crippen molar-refractivity contribution >= 4 is 11.9 Å². The van der Waals surface area contributed by atoms with E-state index in [9.17, 15) is 9.59 Å². The summed E-state index contributed by atoms with van der Waals surface area (Å²) >= 11 is 0. The molecule has 1 amide bonds. The third kappa shape index (κ3) is 3.89. The van der Waals surface area contributed by atoms with Crippen LogP contribution in [0.5, 0.6) is 0 Å². The minimum Gasteiger partial charge on any atom is -0.468 e. The van der Waals surface area contributed by atoms with Crippen LogP contribution in [0, 0.1) is 0 Å². The lowest BCUT2D eigenvalue weighted by atomic mass is 10.1. The van der Waals surface area contributed by atoms with E-state index < -0.39 is 11.5 Å². The van der Waals surface area contributed by atoms with Crippen molar-refractivity contribution in [3.05, 3.63) is 0 Å². The van der Waals surface area contributed by atoms with Gasteiger partial charge in [0, 0.05) is 0 Å². The Bertz CT molecular complexity index is 202.